The summed E-state index contributed by atoms with van der Waals surface area (Å²) in [5.41, 5.74) is 1.52. The summed E-state index contributed by atoms with van der Waals surface area (Å²) in [4.78, 5) is 19.7. The van der Waals surface area contributed by atoms with Crippen molar-refractivity contribution in [3.8, 4) is 5.69 Å². The number of rotatable bonds is 6. The van der Waals surface area contributed by atoms with Gasteiger partial charge in [0.15, 0.2) is 5.16 Å². The number of thioether (sulfide) groups is 1. The van der Waals surface area contributed by atoms with Gasteiger partial charge in [-0.1, -0.05) is 24.8 Å². The van der Waals surface area contributed by atoms with Crippen LogP contribution in [0.1, 0.15) is 36.2 Å². The summed E-state index contributed by atoms with van der Waals surface area (Å²) in [6.45, 7) is 5.42. The molecule has 0 aliphatic carbocycles. The van der Waals surface area contributed by atoms with E-state index in [0.717, 1.165) is 49.1 Å². The molecule has 1 saturated heterocycles. The van der Waals surface area contributed by atoms with Crippen LogP contribution in [0.25, 0.3) is 5.69 Å². The van der Waals surface area contributed by atoms with Gasteiger partial charge in [-0.15, -0.1) is 0 Å². The van der Waals surface area contributed by atoms with Crippen molar-refractivity contribution in [1.82, 2.24) is 24.2 Å². The lowest BCUT2D eigenvalue weighted by Gasteiger charge is -2.31. The normalized spacial score (nSPS) is 15.5. The summed E-state index contributed by atoms with van der Waals surface area (Å²) < 4.78 is 3.95. The Hall–Kier alpha value is -2.58. The molecule has 3 heterocycles. The van der Waals surface area contributed by atoms with Gasteiger partial charge in [0.1, 0.15) is 5.82 Å². The van der Waals surface area contributed by atoms with Crippen LogP contribution in [0.2, 0.25) is 0 Å². The van der Waals surface area contributed by atoms with Crippen LogP contribution in [0.15, 0.2) is 54.1 Å². The third-order valence-electron chi connectivity index (χ3n) is 5.44. The number of hydrogen-bond acceptors (Lipinski definition) is 5. The number of aromatic nitrogens is 4. The maximum atomic E-state index is 12.9. The van der Waals surface area contributed by atoms with Crippen LogP contribution >= 0.6 is 11.8 Å². The van der Waals surface area contributed by atoms with Gasteiger partial charge in [-0.3, -0.25) is 9.36 Å². The Morgan fingerprint density at radius 2 is 2.07 bits per heavy atom. The van der Waals surface area contributed by atoms with Crippen LogP contribution in [-0.4, -0.2) is 56.0 Å². The van der Waals surface area contributed by atoms with Crippen molar-refractivity contribution in [1.29, 1.82) is 0 Å². The highest BCUT2D eigenvalue weighted by Crippen LogP contribution is 2.26. The fourth-order valence-corrected chi connectivity index (χ4v) is 4.34. The van der Waals surface area contributed by atoms with E-state index in [0.29, 0.717) is 11.6 Å². The molecule has 0 bridgehead atoms. The molecule has 1 N–H and O–H groups in total. The number of amides is 1. The van der Waals surface area contributed by atoms with Crippen LogP contribution in [-0.2, 0) is 0 Å². The Morgan fingerprint density at radius 1 is 1.24 bits per heavy atom. The molecular formula is C21H26N6OS. The molecule has 1 amide bonds. The second-order valence-electron chi connectivity index (χ2n) is 7.11. The Bertz CT molecular complexity index is 973. The van der Waals surface area contributed by atoms with E-state index in [1.165, 1.54) is 0 Å². The van der Waals surface area contributed by atoms with E-state index in [1.54, 1.807) is 24.2 Å². The minimum Gasteiger partial charge on any atom is -0.307 e. The Morgan fingerprint density at radius 3 is 2.83 bits per heavy atom. The Labute approximate surface area is 175 Å². The van der Waals surface area contributed by atoms with Crippen molar-refractivity contribution < 1.29 is 4.79 Å². The highest BCUT2D eigenvalue weighted by molar-refractivity contribution is 7.98. The molecule has 1 aliphatic rings. The minimum atomic E-state index is -0.134. The number of imidazole rings is 1. The molecule has 0 radical (unpaired) electrons. The number of carbonyl (C=O) groups excluding carboxylic acids is 1. The monoisotopic (exact) mass is 410 g/mol. The number of benzene rings is 1. The van der Waals surface area contributed by atoms with Gasteiger partial charge in [0.25, 0.3) is 5.91 Å². The van der Waals surface area contributed by atoms with Crippen molar-refractivity contribution >= 4 is 23.5 Å². The van der Waals surface area contributed by atoms with E-state index in [2.05, 4.69) is 27.2 Å². The molecule has 0 atom stereocenters. The molecule has 0 saturated carbocycles. The standard InChI is InChI=1S/C21H26N6OS/c1-3-25-12-8-17(9-13-25)27-19(7-10-23-27)24-20(28)16-5-4-6-18(15-16)26-14-11-22-21(26)29-2/h4-7,10-11,14-15,17H,3,8-9,12-13H2,1-2H3,(H,24,28). The summed E-state index contributed by atoms with van der Waals surface area (Å²) in [7, 11) is 0. The first-order valence-electron chi connectivity index (χ1n) is 9.94. The third kappa shape index (κ3) is 4.23. The summed E-state index contributed by atoms with van der Waals surface area (Å²) >= 11 is 1.57. The van der Waals surface area contributed by atoms with Gasteiger partial charge in [-0.05, 0) is 43.8 Å². The maximum Gasteiger partial charge on any atom is 0.256 e. The summed E-state index contributed by atoms with van der Waals surface area (Å²) in [5, 5.41) is 8.42. The molecule has 152 valence electrons. The van der Waals surface area contributed by atoms with E-state index in [-0.39, 0.29) is 5.91 Å². The fourth-order valence-electron chi connectivity index (χ4n) is 3.81. The highest BCUT2D eigenvalue weighted by atomic mass is 32.2. The van der Waals surface area contributed by atoms with E-state index in [1.807, 2.05) is 52.0 Å². The average Bonchev–Trinajstić information content (AvgIpc) is 3.43. The predicted molar refractivity (Wildman–Crippen MR) is 116 cm³/mol. The average molecular weight is 411 g/mol. The zero-order valence-corrected chi connectivity index (χ0v) is 17.6. The van der Waals surface area contributed by atoms with E-state index in [4.69, 9.17) is 0 Å². The first-order valence-corrected chi connectivity index (χ1v) is 11.2. The molecule has 1 aliphatic heterocycles. The van der Waals surface area contributed by atoms with E-state index in [9.17, 15) is 4.79 Å². The van der Waals surface area contributed by atoms with E-state index >= 15 is 0 Å². The molecule has 4 rings (SSSR count). The molecule has 2 aromatic heterocycles. The predicted octanol–water partition coefficient (Wildman–Crippen LogP) is 3.70. The van der Waals surface area contributed by atoms with Gasteiger partial charge in [0.05, 0.1) is 12.2 Å². The van der Waals surface area contributed by atoms with E-state index < -0.39 is 0 Å². The first kappa shape index (κ1) is 19.7. The number of nitrogens with zero attached hydrogens (tertiary/aromatic N) is 5. The third-order valence-corrected chi connectivity index (χ3v) is 6.11. The lowest BCUT2D eigenvalue weighted by atomic mass is 10.1. The number of likely N-dealkylation sites (tertiary alicyclic amines) is 1. The number of carbonyl (C=O) groups is 1. The van der Waals surface area contributed by atoms with Gasteiger partial charge < -0.3 is 10.2 Å². The summed E-state index contributed by atoms with van der Waals surface area (Å²) in [6.07, 6.45) is 9.51. The topological polar surface area (TPSA) is 68.0 Å². The quantitative estimate of drug-likeness (QED) is 0.628. The Balaban J connectivity index is 1.50. The molecule has 0 spiro atoms. The number of nitrogens with one attached hydrogen (secondary N) is 1. The van der Waals surface area contributed by atoms with Crippen molar-refractivity contribution in [3.63, 3.8) is 0 Å². The molecule has 8 heteroatoms. The molecular weight excluding hydrogens is 384 g/mol. The lowest BCUT2D eigenvalue weighted by Crippen LogP contribution is -2.35. The lowest BCUT2D eigenvalue weighted by molar-refractivity contribution is 0.102. The van der Waals surface area contributed by atoms with Crippen LogP contribution in [0.3, 0.4) is 0 Å². The molecule has 1 aromatic carbocycles. The second-order valence-corrected chi connectivity index (χ2v) is 7.89. The smallest absolute Gasteiger partial charge is 0.256 e. The number of anilines is 1. The van der Waals surface area contributed by atoms with Crippen LogP contribution in [0.4, 0.5) is 5.82 Å². The van der Waals surface area contributed by atoms with Crippen molar-refractivity contribution in [2.45, 2.75) is 31.0 Å². The summed E-state index contributed by atoms with van der Waals surface area (Å²) in [5.74, 6) is 0.619. The zero-order chi connectivity index (χ0) is 20.2. The molecule has 1 fully saturated rings. The number of hydrogen-bond donors (Lipinski definition) is 1. The molecule has 29 heavy (non-hydrogen) atoms. The van der Waals surface area contributed by atoms with Crippen molar-refractivity contribution in [2.75, 3.05) is 31.2 Å². The largest absolute Gasteiger partial charge is 0.307 e. The fraction of sp³-hybridized carbons (Fsp3) is 0.381. The molecule has 3 aromatic rings. The first-order chi connectivity index (χ1) is 14.2. The molecule has 0 unspecified atom stereocenters. The van der Waals surface area contributed by atoms with Gasteiger partial charge >= 0.3 is 0 Å². The zero-order valence-electron chi connectivity index (χ0n) is 16.8. The second kappa shape index (κ2) is 8.84. The van der Waals surface area contributed by atoms with Gasteiger partial charge in [0.2, 0.25) is 0 Å². The maximum absolute atomic E-state index is 12.9. The van der Waals surface area contributed by atoms with Gasteiger partial charge in [0, 0.05) is 42.8 Å². The summed E-state index contributed by atoms with van der Waals surface area (Å²) in [6, 6.07) is 9.78. The Kier molecular flexibility index (Phi) is 6.01. The SMILES string of the molecule is CCN1CCC(n2nccc2NC(=O)c2cccc(-n3ccnc3SC)c2)CC1. The van der Waals surface area contributed by atoms with Crippen LogP contribution in [0, 0.1) is 0 Å². The van der Waals surface area contributed by atoms with Crippen LogP contribution < -0.4 is 5.32 Å². The van der Waals surface area contributed by atoms with Crippen molar-refractivity contribution in [3.05, 3.63) is 54.5 Å². The van der Waals surface area contributed by atoms with Gasteiger partial charge in [-0.2, -0.15) is 5.10 Å². The number of piperidine rings is 1. The van der Waals surface area contributed by atoms with Crippen LogP contribution in [0.5, 0.6) is 0 Å². The van der Waals surface area contributed by atoms with Gasteiger partial charge in [-0.25, -0.2) is 9.67 Å². The highest BCUT2D eigenvalue weighted by Gasteiger charge is 2.22. The van der Waals surface area contributed by atoms with Crippen molar-refractivity contribution in [2.24, 2.45) is 0 Å². The minimum absolute atomic E-state index is 0.134. The molecule has 7 nitrogen and oxygen atoms in total.